The van der Waals surface area contributed by atoms with Gasteiger partial charge in [-0.1, -0.05) is 11.3 Å². The molecule has 0 atom stereocenters. The molecule has 3 rings (SSSR count). The summed E-state index contributed by atoms with van der Waals surface area (Å²) in [5.74, 6) is -1.13. The lowest BCUT2D eigenvalue weighted by Crippen LogP contribution is -2.06. The molecule has 0 bridgehead atoms. The van der Waals surface area contributed by atoms with Gasteiger partial charge in [0.2, 0.25) is 0 Å². The highest BCUT2D eigenvalue weighted by Gasteiger charge is 2.21. The van der Waals surface area contributed by atoms with Crippen LogP contribution in [0.3, 0.4) is 0 Å². The Balaban J connectivity index is 2.07. The SMILES string of the molecule is Cn1cc(Cn2nnc(C(=O)O)c2-c2ccccn2)cn1. The number of aromatic nitrogens is 6. The molecule has 21 heavy (non-hydrogen) atoms. The Kier molecular flexibility index (Phi) is 3.19. The zero-order valence-electron chi connectivity index (χ0n) is 11.2. The highest BCUT2D eigenvalue weighted by molar-refractivity contribution is 5.92. The van der Waals surface area contributed by atoms with Crippen molar-refractivity contribution in [1.82, 2.24) is 29.8 Å². The van der Waals surface area contributed by atoms with E-state index in [9.17, 15) is 9.90 Å². The number of hydrogen-bond donors (Lipinski definition) is 1. The molecular weight excluding hydrogens is 272 g/mol. The molecule has 0 radical (unpaired) electrons. The van der Waals surface area contributed by atoms with Gasteiger partial charge in [0.05, 0.1) is 18.4 Å². The largest absolute Gasteiger partial charge is 0.476 e. The average Bonchev–Trinajstić information content (AvgIpc) is 3.07. The molecule has 0 aliphatic rings. The Bertz CT molecular complexity index is 777. The first-order valence-corrected chi connectivity index (χ1v) is 6.21. The molecule has 0 fully saturated rings. The summed E-state index contributed by atoms with van der Waals surface area (Å²) in [5, 5.41) is 21.0. The molecule has 0 saturated carbocycles. The topological polar surface area (TPSA) is 98.7 Å². The fourth-order valence-electron chi connectivity index (χ4n) is 2.05. The van der Waals surface area contributed by atoms with Crippen LogP contribution in [0, 0.1) is 0 Å². The summed E-state index contributed by atoms with van der Waals surface area (Å²) < 4.78 is 3.19. The van der Waals surface area contributed by atoms with Crippen LogP contribution in [0.4, 0.5) is 0 Å². The van der Waals surface area contributed by atoms with Gasteiger partial charge in [0.15, 0.2) is 5.69 Å². The van der Waals surface area contributed by atoms with Crippen LogP contribution in [0.25, 0.3) is 11.4 Å². The van der Waals surface area contributed by atoms with Crippen LogP contribution in [-0.4, -0.2) is 40.8 Å². The fraction of sp³-hybridized carbons (Fsp3) is 0.154. The van der Waals surface area contributed by atoms with Crippen molar-refractivity contribution in [1.29, 1.82) is 0 Å². The number of aryl methyl sites for hydroxylation is 1. The van der Waals surface area contributed by atoms with Crippen LogP contribution in [0.2, 0.25) is 0 Å². The predicted molar refractivity (Wildman–Crippen MR) is 72.5 cm³/mol. The van der Waals surface area contributed by atoms with Gasteiger partial charge < -0.3 is 5.11 Å². The third kappa shape index (κ3) is 2.50. The Hall–Kier alpha value is -3.03. The van der Waals surface area contributed by atoms with E-state index in [1.54, 1.807) is 35.3 Å². The first-order chi connectivity index (χ1) is 10.1. The lowest BCUT2D eigenvalue weighted by atomic mass is 10.2. The molecule has 0 spiro atoms. The van der Waals surface area contributed by atoms with Gasteiger partial charge in [0.25, 0.3) is 0 Å². The third-order valence-corrected chi connectivity index (χ3v) is 2.94. The highest BCUT2D eigenvalue weighted by Crippen LogP contribution is 2.20. The van der Waals surface area contributed by atoms with Crippen molar-refractivity contribution in [3.63, 3.8) is 0 Å². The van der Waals surface area contributed by atoms with Crippen molar-refractivity contribution in [3.05, 3.63) is 48.0 Å². The summed E-state index contributed by atoms with van der Waals surface area (Å²) in [6.07, 6.45) is 5.14. The molecule has 3 heterocycles. The van der Waals surface area contributed by atoms with Gasteiger partial charge in [-0.2, -0.15) is 5.10 Å². The van der Waals surface area contributed by atoms with Crippen molar-refractivity contribution in [2.24, 2.45) is 7.05 Å². The normalized spacial score (nSPS) is 10.7. The third-order valence-electron chi connectivity index (χ3n) is 2.94. The zero-order chi connectivity index (χ0) is 14.8. The Labute approximate surface area is 119 Å². The van der Waals surface area contributed by atoms with E-state index in [-0.39, 0.29) is 5.69 Å². The molecular formula is C13H12N6O2. The van der Waals surface area contributed by atoms with Crippen LogP contribution >= 0.6 is 0 Å². The van der Waals surface area contributed by atoms with Crippen LogP contribution in [0.15, 0.2) is 36.8 Å². The monoisotopic (exact) mass is 284 g/mol. The molecule has 3 aromatic rings. The van der Waals surface area contributed by atoms with Crippen LogP contribution in [-0.2, 0) is 13.6 Å². The van der Waals surface area contributed by atoms with Crippen LogP contribution < -0.4 is 0 Å². The second kappa shape index (κ2) is 5.16. The maximum atomic E-state index is 11.3. The Morgan fingerprint density at radius 3 is 2.86 bits per heavy atom. The van der Waals surface area contributed by atoms with E-state index in [0.29, 0.717) is 17.9 Å². The highest BCUT2D eigenvalue weighted by atomic mass is 16.4. The van der Waals surface area contributed by atoms with Gasteiger partial charge in [0.1, 0.15) is 5.69 Å². The number of carboxylic acid groups (broad SMARTS) is 1. The van der Waals surface area contributed by atoms with Gasteiger partial charge in [0, 0.05) is 25.0 Å². The minimum Gasteiger partial charge on any atom is -0.476 e. The molecule has 8 heteroatoms. The lowest BCUT2D eigenvalue weighted by molar-refractivity contribution is 0.0691. The van der Waals surface area contributed by atoms with Crippen molar-refractivity contribution in [2.75, 3.05) is 0 Å². The van der Waals surface area contributed by atoms with Crippen LogP contribution in [0.5, 0.6) is 0 Å². The van der Waals surface area contributed by atoms with E-state index in [1.807, 2.05) is 13.2 Å². The first kappa shape index (κ1) is 13.0. The van der Waals surface area contributed by atoms with Crippen molar-refractivity contribution in [3.8, 4) is 11.4 Å². The maximum Gasteiger partial charge on any atom is 0.358 e. The number of rotatable bonds is 4. The standard InChI is InChI=1S/C13H12N6O2/c1-18-7-9(6-15-18)8-19-12(10-4-2-3-5-14-10)11(13(20)21)16-17-19/h2-7H,8H2,1H3,(H,20,21). The maximum absolute atomic E-state index is 11.3. The van der Waals surface area contributed by atoms with Crippen molar-refractivity contribution in [2.45, 2.75) is 6.54 Å². The molecule has 3 aromatic heterocycles. The molecule has 1 N–H and O–H groups in total. The number of hydrogen-bond acceptors (Lipinski definition) is 5. The molecule has 0 aromatic carbocycles. The van der Waals surface area contributed by atoms with E-state index < -0.39 is 5.97 Å². The average molecular weight is 284 g/mol. The number of pyridine rings is 1. The second-order valence-electron chi connectivity index (χ2n) is 4.49. The summed E-state index contributed by atoms with van der Waals surface area (Å²) in [6, 6.07) is 5.28. The van der Waals surface area contributed by atoms with Crippen molar-refractivity contribution >= 4 is 5.97 Å². The minimum absolute atomic E-state index is 0.113. The van der Waals surface area contributed by atoms with E-state index in [1.165, 1.54) is 4.68 Å². The van der Waals surface area contributed by atoms with Crippen molar-refractivity contribution < 1.29 is 9.90 Å². The van der Waals surface area contributed by atoms with E-state index in [0.717, 1.165) is 5.56 Å². The van der Waals surface area contributed by atoms with Crippen LogP contribution in [0.1, 0.15) is 16.1 Å². The predicted octanol–water partition coefficient (Wildman–Crippen LogP) is 0.820. The molecule has 0 amide bonds. The summed E-state index contributed by atoms with van der Waals surface area (Å²) >= 11 is 0. The summed E-state index contributed by atoms with van der Waals surface area (Å²) in [5.41, 5.74) is 1.69. The van der Waals surface area contributed by atoms with E-state index in [4.69, 9.17) is 0 Å². The van der Waals surface area contributed by atoms with Gasteiger partial charge in [-0.05, 0) is 12.1 Å². The van der Waals surface area contributed by atoms with Gasteiger partial charge >= 0.3 is 5.97 Å². The number of carboxylic acids is 1. The van der Waals surface area contributed by atoms with E-state index >= 15 is 0 Å². The molecule has 0 aliphatic carbocycles. The van der Waals surface area contributed by atoms with Gasteiger partial charge in [-0.15, -0.1) is 5.10 Å². The molecule has 8 nitrogen and oxygen atoms in total. The number of nitrogens with zero attached hydrogens (tertiary/aromatic N) is 6. The molecule has 0 unspecified atom stereocenters. The smallest absolute Gasteiger partial charge is 0.358 e. The van der Waals surface area contributed by atoms with Gasteiger partial charge in [-0.3, -0.25) is 9.67 Å². The molecule has 106 valence electrons. The Morgan fingerprint density at radius 2 is 2.24 bits per heavy atom. The lowest BCUT2D eigenvalue weighted by Gasteiger charge is -2.05. The number of carbonyl (C=O) groups is 1. The number of aromatic carboxylic acids is 1. The Morgan fingerprint density at radius 1 is 1.38 bits per heavy atom. The van der Waals surface area contributed by atoms with Gasteiger partial charge in [-0.25, -0.2) is 9.48 Å². The molecule has 0 saturated heterocycles. The fourth-order valence-corrected chi connectivity index (χ4v) is 2.05. The molecule has 0 aliphatic heterocycles. The quantitative estimate of drug-likeness (QED) is 0.761. The summed E-state index contributed by atoms with van der Waals surface area (Å²) in [4.78, 5) is 15.5. The summed E-state index contributed by atoms with van der Waals surface area (Å²) in [7, 11) is 1.81. The first-order valence-electron chi connectivity index (χ1n) is 6.21. The second-order valence-corrected chi connectivity index (χ2v) is 4.49. The summed E-state index contributed by atoms with van der Waals surface area (Å²) in [6.45, 7) is 0.375. The zero-order valence-corrected chi connectivity index (χ0v) is 11.2. The minimum atomic E-state index is -1.13. The van der Waals surface area contributed by atoms with E-state index in [2.05, 4.69) is 20.4 Å².